The van der Waals surface area contributed by atoms with Crippen LogP contribution in [-0.4, -0.2) is 125 Å². The van der Waals surface area contributed by atoms with Crippen molar-refractivity contribution in [1.82, 2.24) is 29.6 Å². The topological polar surface area (TPSA) is 130 Å². The second-order valence-corrected chi connectivity index (χ2v) is 20.9. The van der Waals surface area contributed by atoms with Crippen LogP contribution in [0.15, 0.2) is 78.9 Å². The van der Waals surface area contributed by atoms with E-state index in [1.807, 2.05) is 48.2 Å². The van der Waals surface area contributed by atoms with Gasteiger partial charge in [0.05, 0.1) is 45.6 Å². The summed E-state index contributed by atoms with van der Waals surface area (Å²) >= 11 is 0. The van der Waals surface area contributed by atoms with Crippen molar-refractivity contribution < 1.29 is 42.4 Å². The zero-order valence-electron chi connectivity index (χ0n) is 40.9. The van der Waals surface area contributed by atoms with Gasteiger partial charge in [0.15, 0.2) is 0 Å². The lowest BCUT2D eigenvalue weighted by molar-refractivity contribution is -0.137. The largest absolute Gasteiger partial charge is 0.497 e. The third kappa shape index (κ3) is 8.59. The predicted molar refractivity (Wildman–Crippen MR) is 265 cm³/mol. The molecule has 1 saturated carbocycles. The molecule has 11 rings (SSSR count). The van der Waals surface area contributed by atoms with E-state index >= 15 is 8.78 Å². The van der Waals surface area contributed by atoms with Crippen molar-refractivity contribution in [2.24, 2.45) is 5.92 Å². The van der Waals surface area contributed by atoms with Crippen molar-refractivity contribution in [1.29, 1.82) is 0 Å². The highest BCUT2D eigenvalue weighted by Crippen LogP contribution is 2.52. The normalized spacial score (nSPS) is 23.7. The number of rotatable bonds is 13. The van der Waals surface area contributed by atoms with Gasteiger partial charge in [0, 0.05) is 132 Å². The Morgan fingerprint density at radius 2 is 1.30 bits per heavy atom. The van der Waals surface area contributed by atoms with E-state index in [1.54, 1.807) is 20.3 Å². The van der Waals surface area contributed by atoms with Gasteiger partial charge in [0.25, 0.3) is 0 Å². The number of methoxy groups -OCH3 is 2. The maximum atomic E-state index is 15.5. The van der Waals surface area contributed by atoms with Crippen LogP contribution in [0.1, 0.15) is 97.6 Å². The van der Waals surface area contributed by atoms with Crippen LogP contribution in [-0.2, 0) is 33.5 Å². The fourth-order valence-corrected chi connectivity index (χ4v) is 13.2. The Kier molecular flexibility index (Phi) is 13.0. The van der Waals surface area contributed by atoms with Gasteiger partial charge in [-0.2, -0.15) is 0 Å². The number of nitrogens with zero attached hydrogens (tertiary/aromatic N) is 4. The summed E-state index contributed by atoms with van der Waals surface area (Å²) in [6.07, 6.45) is 4.04. The second-order valence-electron chi connectivity index (χ2n) is 20.9. The Morgan fingerprint density at radius 3 is 1.89 bits per heavy atom. The van der Waals surface area contributed by atoms with E-state index in [-0.39, 0.29) is 65.4 Å². The smallest absolute Gasteiger partial charge is 0.222 e. The standard InChI is InChI=1S/C56H65F3N6O6/c1-4-49(67)62-19-15-55(16-20-62)33-65(29-36-23-37(57)9-14-44(36)59)48(53-51(55)42-13-11-39(70-3)27-46(42)61-53)31-71-40-24-35(25-40)54(68)63-21-17-56(18-22-63)32-64(28-34-7-5-6-8-43(34)58)47(30-66)52-50(56)41-12-10-38(69-2)26-45(41)60-52/h5-14,23,26-27,35,40,47-48,54,60-61,66,68H,4,15-22,24-25,28-33H2,1-3H3/t35?,40?,47-,48-,54?/m1/s1. The first-order chi connectivity index (χ1) is 34.4. The molecule has 0 radical (unpaired) electrons. The third-order valence-corrected chi connectivity index (χ3v) is 17.1. The highest BCUT2D eigenvalue weighted by Gasteiger charge is 2.51. The Morgan fingerprint density at radius 1 is 0.732 bits per heavy atom. The van der Waals surface area contributed by atoms with E-state index in [0.717, 1.165) is 76.4 Å². The summed E-state index contributed by atoms with van der Waals surface area (Å²) in [5.41, 5.74) is 6.40. The maximum Gasteiger partial charge on any atom is 0.222 e. The summed E-state index contributed by atoms with van der Waals surface area (Å²) in [5, 5.41) is 25.1. The van der Waals surface area contributed by atoms with Crippen molar-refractivity contribution >= 4 is 27.7 Å². The highest BCUT2D eigenvalue weighted by molar-refractivity contribution is 5.89. The SMILES string of the molecule is CCC(=O)N1CCC2(CC1)CN(Cc1cc(F)ccc1F)[C@H](COC1CC(C(O)N3CCC4(CC3)CN(Cc3ccccc3F)[C@H](CO)c3[nH]c5cc(OC)ccc5c34)C1)c1[nH]c3cc(OC)ccc3c12. The monoisotopic (exact) mass is 974 g/mol. The molecule has 71 heavy (non-hydrogen) atoms. The number of carbonyl (C=O) groups is 1. The van der Waals surface area contributed by atoms with Crippen LogP contribution in [0.25, 0.3) is 21.8 Å². The van der Waals surface area contributed by atoms with Gasteiger partial charge in [-0.25, -0.2) is 13.2 Å². The van der Waals surface area contributed by atoms with Gasteiger partial charge in [-0.15, -0.1) is 0 Å². The van der Waals surface area contributed by atoms with Crippen molar-refractivity contribution in [3.05, 3.63) is 130 Å². The molecule has 4 aliphatic heterocycles. The minimum Gasteiger partial charge on any atom is -0.497 e. The molecule has 4 N–H and O–H groups in total. The number of carbonyl (C=O) groups excluding carboxylic acids is 1. The fraction of sp³-hybridized carbons (Fsp3) is 0.482. The summed E-state index contributed by atoms with van der Waals surface area (Å²) in [7, 11) is 3.30. The van der Waals surface area contributed by atoms with Crippen LogP contribution < -0.4 is 9.47 Å². The quantitative estimate of drug-likeness (QED) is 0.0900. The molecule has 12 nitrogen and oxygen atoms in total. The molecule has 3 fully saturated rings. The molecule has 0 bridgehead atoms. The number of aliphatic hydroxyl groups is 2. The van der Waals surface area contributed by atoms with Crippen LogP contribution in [0.3, 0.4) is 0 Å². The van der Waals surface area contributed by atoms with E-state index < -0.39 is 17.9 Å². The first-order valence-corrected chi connectivity index (χ1v) is 25.4. The van der Waals surface area contributed by atoms with E-state index in [2.05, 4.69) is 36.8 Å². The van der Waals surface area contributed by atoms with Gasteiger partial charge in [0.1, 0.15) is 35.2 Å². The molecule has 1 aliphatic carbocycles. The number of ether oxygens (including phenoxy) is 3. The number of nitrogens with one attached hydrogen (secondary N) is 2. The third-order valence-electron chi connectivity index (χ3n) is 17.1. The van der Waals surface area contributed by atoms with Crippen LogP contribution >= 0.6 is 0 Å². The van der Waals surface area contributed by atoms with Gasteiger partial charge in [-0.05, 0) is 98.2 Å². The molecule has 15 heteroatoms. The number of aromatic amines is 2. The fourth-order valence-electron chi connectivity index (χ4n) is 13.2. The summed E-state index contributed by atoms with van der Waals surface area (Å²) in [4.78, 5) is 28.9. The van der Waals surface area contributed by atoms with Crippen LogP contribution in [0, 0.1) is 23.4 Å². The Bertz CT molecular complexity index is 2920. The Labute approximate surface area is 412 Å². The number of H-pyrrole nitrogens is 2. The van der Waals surface area contributed by atoms with Gasteiger partial charge in [-0.1, -0.05) is 25.1 Å². The molecule has 2 spiro atoms. The minimum atomic E-state index is -0.662. The molecule has 1 amide bonds. The van der Waals surface area contributed by atoms with Crippen molar-refractivity contribution in [2.45, 2.75) is 100 Å². The molecule has 2 aromatic heterocycles. The zero-order chi connectivity index (χ0) is 49.2. The molecule has 376 valence electrons. The molecule has 6 heterocycles. The number of amides is 1. The lowest BCUT2D eigenvalue weighted by Gasteiger charge is -2.52. The van der Waals surface area contributed by atoms with E-state index in [0.29, 0.717) is 77.2 Å². The van der Waals surface area contributed by atoms with Gasteiger partial charge >= 0.3 is 0 Å². The molecule has 6 aromatic rings. The number of hydrogen-bond acceptors (Lipinski definition) is 9. The number of aliphatic hydroxyl groups excluding tert-OH is 2. The number of likely N-dealkylation sites (tertiary alicyclic amines) is 2. The molecule has 5 aliphatic rings. The van der Waals surface area contributed by atoms with Crippen LogP contribution in [0.2, 0.25) is 0 Å². The number of benzene rings is 4. The van der Waals surface area contributed by atoms with Crippen LogP contribution in [0.5, 0.6) is 11.5 Å². The lowest BCUT2D eigenvalue weighted by Crippen LogP contribution is -2.57. The first kappa shape index (κ1) is 47.9. The molecule has 3 atom stereocenters. The number of fused-ring (bicyclic) bond motifs is 8. The number of hydrogen-bond donors (Lipinski definition) is 4. The molecule has 4 aromatic carbocycles. The van der Waals surface area contributed by atoms with Crippen LogP contribution in [0.4, 0.5) is 13.2 Å². The first-order valence-electron chi connectivity index (χ1n) is 25.4. The van der Waals surface area contributed by atoms with Gasteiger partial charge in [-0.3, -0.25) is 19.5 Å². The second kappa shape index (κ2) is 19.2. The van der Waals surface area contributed by atoms with Crippen molar-refractivity contribution in [2.75, 3.05) is 66.7 Å². The van der Waals surface area contributed by atoms with E-state index in [1.165, 1.54) is 29.3 Å². The van der Waals surface area contributed by atoms with E-state index in [9.17, 15) is 19.4 Å². The average molecular weight is 975 g/mol. The zero-order valence-corrected chi connectivity index (χ0v) is 40.9. The number of piperidine rings is 2. The van der Waals surface area contributed by atoms with Crippen molar-refractivity contribution in [3.63, 3.8) is 0 Å². The predicted octanol–water partition coefficient (Wildman–Crippen LogP) is 8.61. The minimum absolute atomic E-state index is 0.00656. The number of aromatic nitrogens is 2. The van der Waals surface area contributed by atoms with Gasteiger partial charge < -0.3 is 39.3 Å². The molecule has 1 unspecified atom stereocenters. The van der Waals surface area contributed by atoms with E-state index in [4.69, 9.17) is 14.2 Å². The Balaban J connectivity index is 0.816. The number of halogens is 3. The summed E-state index contributed by atoms with van der Waals surface area (Å²) < 4.78 is 63.4. The molecular weight excluding hydrogens is 910 g/mol. The van der Waals surface area contributed by atoms with Gasteiger partial charge in [0.2, 0.25) is 5.91 Å². The summed E-state index contributed by atoms with van der Waals surface area (Å²) in [5.74, 6) is 0.379. The van der Waals surface area contributed by atoms with Crippen molar-refractivity contribution in [3.8, 4) is 11.5 Å². The average Bonchev–Trinajstić information content (AvgIpc) is 3.96. The highest BCUT2D eigenvalue weighted by atomic mass is 19.1. The summed E-state index contributed by atoms with van der Waals surface area (Å²) in [6, 6.07) is 21.9. The Hall–Kier alpha value is -5.42. The summed E-state index contributed by atoms with van der Waals surface area (Å²) in [6.45, 7) is 6.36. The molecular formula is C56H65F3N6O6. The maximum absolute atomic E-state index is 15.5. The molecule has 2 saturated heterocycles. The lowest BCUT2D eigenvalue weighted by atomic mass is 9.67.